The molecule has 0 fully saturated rings. The minimum absolute atomic E-state index is 0.00988. The van der Waals surface area contributed by atoms with Crippen molar-refractivity contribution in [1.82, 2.24) is 14.5 Å². The molecule has 5 rings (SSSR count). The zero-order valence-electron chi connectivity index (χ0n) is 15.8. The van der Waals surface area contributed by atoms with Crippen molar-refractivity contribution in [2.75, 3.05) is 12.8 Å². The van der Waals surface area contributed by atoms with Gasteiger partial charge in [0.05, 0.1) is 29.2 Å². The van der Waals surface area contributed by atoms with Crippen LogP contribution < -0.4 is 10.5 Å². The topological polar surface area (TPSA) is 86.2 Å². The monoisotopic (exact) mass is 388 g/mol. The van der Waals surface area contributed by atoms with Gasteiger partial charge in [0.15, 0.2) is 0 Å². The summed E-state index contributed by atoms with van der Waals surface area (Å²) in [6, 6.07) is 6.38. The van der Waals surface area contributed by atoms with Gasteiger partial charge in [0, 0.05) is 40.2 Å². The average Bonchev–Trinajstić information content (AvgIpc) is 2.97. The van der Waals surface area contributed by atoms with Crippen LogP contribution in [0.1, 0.15) is 5.69 Å². The number of pyridine rings is 2. The number of allylic oxidation sites excluding steroid dienone is 4. The van der Waals surface area contributed by atoms with Crippen LogP contribution in [0.25, 0.3) is 38.6 Å². The highest BCUT2D eigenvalue weighted by Crippen LogP contribution is 2.41. The number of anilines is 1. The zero-order chi connectivity index (χ0) is 20.3. The third kappa shape index (κ3) is 2.40. The molecular formula is C22H17FN4O2. The molecular weight excluding hydrogens is 371 g/mol. The summed E-state index contributed by atoms with van der Waals surface area (Å²) in [6.07, 6.45) is 7.31. The molecule has 7 heteroatoms. The van der Waals surface area contributed by atoms with Crippen LogP contribution in [0.15, 0.2) is 48.7 Å². The zero-order valence-corrected chi connectivity index (χ0v) is 15.8. The summed E-state index contributed by atoms with van der Waals surface area (Å²) in [6.45, 7) is 1.79. The van der Waals surface area contributed by atoms with Gasteiger partial charge >= 0.3 is 0 Å². The Balaban J connectivity index is 1.84. The van der Waals surface area contributed by atoms with Gasteiger partial charge in [-0.1, -0.05) is 6.08 Å². The van der Waals surface area contributed by atoms with Gasteiger partial charge in [0.2, 0.25) is 11.8 Å². The first kappa shape index (κ1) is 17.2. The van der Waals surface area contributed by atoms with Crippen molar-refractivity contribution in [3.8, 4) is 22.9 Å². The SMILES string of the molecule is COc1ccc(-c2c(F)ccc3c(N)c4c(O)n(C5=CC=C5)cc4nc23)c(C)n1. The molecule has 3 aromatic heterocycles. The summed E-state index contributed by atoms with van der Waals surface area (Å²) in [4.78, 5) is 9.02. The van der Waals surface area contributed by atoms with Crippen molar-refractivity contribution in [3.05, 3.63) is 60.2 Å². The normalized spacial score (nSPS) is 13.0. The number of nitrogens with zero attached hydrogens (tertiary/aromatic N) is 3. The van der Waals surface area contributed by atoms with Gasteiger partial charge in [-0.3, -0.25) is 4.57 Å². The lowest BCUT2D eigenvalue weighted by molar-refractivity contribution is 0.397. The van der Waals surface area contributed by atoms with Gasteiger partial charge in [-0.15, -0.1) is 0 Å². The molecule has 1 aliphatic carbocycles. The number of halogens is 1. The van der Waals surface area contributed by atoms with Crippen LogP contribution in [-0.4, -0.2) is 26.8 Å². The Morgan fingerprint density at radius 2 is 1.97 bits per heavy atom. The van der Waals surface area contributed by atoms with Gasteiger partial charge in [-0.05, 0) is 37.3 Å². The van der Waals surface area contributed by atoms with E-state index in [2.05, 4.69) is 9.97 Å². The number of nitrogen functional groups attached to an aromatic ring is 1. The molecule has 0 atom stereocenters. The lowest BCUT2D eigenvalue weighted by Crippen LogP contribution is -1.98. The fourth-order valence-corrected chi connectivity index (χ4v) is 3.69. The van der Waals surface area contributed by atoms with Crippen molar-refractivity contribution in [1.29, 1.82) is 0 Å². The van der Waals surface area contributed by atoms with E-state index in [-0.39, 0.29) is 5.88 Å². The van der Waals surface area contributed by atoms with Crippen molar-refractivity contribution < 1.29 is 14.2 Å². The molecule has 0 amide bonds. The smallest absolute Gasteiger partial charge is 0.213 e. The first-order chi connectivity index (χ1) is 14.0. The van der Waals surface area contributed by atoms with Gasteiger partial charge < -0.3 is 15.6 Å². The van der Waals surface area contributed by atoms with Crippen LogP contribution in [0.2, 0.25) is 0 Å². The van der Waals surface area contributed by atoms with Crippen molar-refractivity contribution in [2.24, 2.45) is 0 Å². The Bertz CT molecular complexity index is 1390. The number of aromatic hydroxyl groups is 1. The Morgan fingerprint density at radius 3 is 2.62 bits per heavy atom. The van der Waals surface area contributed by atoms with Gasteiger partial charge in [-0.25, -0.2) is 14.4 Å². The molecule has 144 valence electrons. The fourth-order valence-electron chi connectivity index (χ4n) is 3.69. The highest BCUT2D eigenvalue weighted by Gasteiger charge is 2.21. The summed E-state index contributed by atoms with van der Waals surface area (Å²) in [5.74, 6) is 0.0355. The van der Waals surface area contributed by atoms with E-state index < -0.39 is 5.82 Å². The third-order valence-electron chi connectivity index (χ3n) is 5.23. The second kappa shape index (κ2) is 6.07. The van der Waals surface area contributed by atoms with Crippen molar-refractivity contribution >= 4 is 33.2 Å². The van der Waals surface area contributed by atoms with Gasteiger partial charge in [0.1, 0.15) is 5.82 Å². The van der Waals surface area contributed by atoms with E-state index in [0.29, 0.717) is 50.2 Å². The number of fused-ring (bicyclic) bond motifs is 2. The van der Waals surface area contributed by atoms with E-state index >= 15 is 0 Å². The quantitative estimate of drug-likeness (QED) is 0.543. The standard InChI is InChI=1S/C22H17FN4O2/c1-11-13(7-9-17(25-11)29-2)18-15(23)8-6-14-20(24)19-16(26-21(14)18)10-27(22(19)28)12-4-3-5-12/h3-10,28H,24H2,1-2H3. The molecule has 0 spiro atoms. The molecule has 0 bridgehead atoms. The Kier molecular flexibility index (Phi) is 3.61. The molecule has 1 aliphatic rings. The van der Waals surface area contributed by atoms with E-state index in [4.69, 9.17) is 10.5 Å². The Hall–Kier alpha value is -3.87. The summed E-state index contributed by atoms with van der Waals surface area (Å²) in [5.41, 5.74) is 10.0. The second-order valence-corrected chi connectivity index (χ2v) is 6.86. The average molecular weight is 388 g/mol. The van der Waals surface area contributed by atoms with E-state index in [9.17, 15) is 9.50 Å². The summed E-state index contributed by atoms with van der Waals surface area (Å²) in [5, 5.41) is 11.7. The van der Waals surface area contributed by atoms with Crippen LogP contribution in [0, 0.1) is 12.7 Å². The highest BCUT2D eigenvalue weighted by atomic mass is 19.1. The maximum absolute atomic E-state index is 15.0. The minimum Gasteiger partial charge on any atom is -0.494 e. The molecule has 0 saturated heterocycles. The molecule has 29 heavy (non-hydrogen) atoms. The predicted molar refractivity (Wildman–Crippen MR) is 111 cm³/mol. The third-order valence-corrected chi connectivity index (χ3v) is 5.23. The lowest BCUT2D eigenvalue weighted by atomic mass is 9.98. The summed E-state index contributed by atoms with van der Waals surface area (Å²) in [7, 11) is 1.53. The molecule has 0 radical (unpaired) electrons. The predicted octanol–water partition coefficient (Wildman–Crippen LogP) is 4.41. The van der Waals surface area contributed by atoms with Gasteiger partial charge in [-0.2, -0.15) is 0 Å². The number of ether oxygens (including phenoxy) is 1. The first-order valence-corrected chi connectivity index (χ1v) is 9.02. The number of rotatable bonds is 3. The highest BCUT2D eigenvalue weighted by molar-refractivity contribution is 6.12. The molecule has 1 aromatic carbocycles. The van der Waals surface area contributed by atoms with E-state index in [1.165, 1.54) is 13.2 Å². The molecule has 0 saturated carbocycles. The molecule has 3 heterocycles. The summed E-state index contributed by atoms with van der Waals surface area (Å²) >= 11 is 0. The molecule has 6 nitrogen and oxygen atoms in total. The summed E-state index contributed by atoms with van der Waals surface area (Å²) < 4.78 is 21.7. The number of aryl methyl sites for hydroxylation is 1. The van der Waals surface area contributed by atoms with Gasteiger partial charge in [0.25, 0.3) is 0 Å². The Morgan fingerprint density at radius 1 is 1.17 bits per heavy atom. The van der Waals surface area contributed by atoms with Crippen LogP contribution in [0.5, 0.6) is 11.8 Å². The Labute approximate surface area is 165 Å². The number of hydrogen-bond donors (Lipinski definition) is 2. The molecule has 3 N–H and O–H groups in total. The van der Waals surface area contributed by atoms with Crippen molar-refractivity contribution in [2.45, 2.75) is 6.92 Å². The van der Waals surface area contributed by atoms with E-state index in [0.717, 1.165) is 5.70 Å². The first-order valence-electron chi connectivity index (χ1n) is 9.02. The second-order valence-electron chi connectivity index (χ2n) is 6.86. The van der Waals surface area contributed by atoms with Crippen LogP contribution in [-0.2, 0) is 0 Å². The number of nitrogens with two attached hydrogens (primary N) is 1. The van der Waals surface area contributed by atoms with E-state index in [1.807, 2.05) is 18.2 Å². The minimum atomic E-state index is -0.424. The molecule has 4 aromatic rings. The molecule has 0 unspecified atom stereocenters. The maximum Gasteiger partial charge on any atom is 0.213 e. The maximum atomic E-state index is 15.0. The lowest BCUT2D eigenvalue weighted by Gasteiger charge is -2.13. The molecule has 0 aliphatic heterocycles. The van der Waals surface area contributed by atoms with Crippen LogP contribution in [0.4, 0.5) is 10.1 Å². The number of benzene rings is 1. The number of methoxy groups -OCH3 is 1. The largest absolute Gasteiger partial charge is 0.494 e. The van der Waals surface area contributed by atoms with E-state index in [1.54, 1.807) is 35.9 Å². The number of hydrogen-bond acceptors (Lipinski definition) is 5. The van der Waals surface area contributed by atoms with Crippen LogP contribution in [0.3, 0.4) is 0 Å². The van der Waals surface area contributed by atoms with Crippen LogP contribution >= 0.6 is 0 Å². The fraction of sp³-hybridized carbons (Fsp3) is 0.0909. The number of aromatic nitrogens is 3. The van der Waals surface area contributed by atoms with Crippen molar-refractivity contribution in [3.63, 3.8) is 0 Å².